The van der Waals surface area contributed by atoms with E-state index in [1.165, 1.54) is 0 Å². The van der Waals surface area contributed by atoms with Gasteiger partial charge in [-0.15, -0.1) is 0 Å². The number of carbonyl (C=O) groups excluding carboxylic acids is 2. The van der Waals surface area contributed by atoms with Gasteiger partial charge in [-0.3, -0.25) is 14.4 Å². The zero-order valence-corrected chi connectivity index (χ0v) is 15.0. The largest absolute Gasteiger partial charge is 0.344 e. The summed E-state index contributed by atoms with van der Waals surface area (Å²) in [6, 6.07) is 7.14. The fraction of sp³-hybridized carbons (Fsp3) is 0.400. The molecule has 2 aromatic rings. The van der Waals surface area contributed by atoms with E-state index in [0.717, 1.165) is 48.1 Å². The van der Waals surface area contributed by atoms with Crippen molar-refractivity contribution in [3.8, 4) is 0 Å². The SMILES string of the molecule is O=C1CC[C@H](C(=O)Nc2cccc(Cc3n[nH]c(=O)c4c3CCCC4)c2)N1. The molecule has 2 heterocycles. The average molecular weight is 366 g/mol. The average Bonchev–Trinajstić information content (AvgIpc) is 3.11. The van der Waals surface area contributed by atoms with Gasteiger partial charge in [0.05, 0.1) is 5.69 Å². The van der Waals surface area contributed by atoms with Crippen LogP contribution in [0.15, 0.2) is 29.1 Å². The van der Waals surface area contributed by atoms with Crippen LogP contribution >= 0.6 is 0 Å². The van der Waals surface area contributed by atoms with Crippen LogP contribution in [0.5, 0.6) is 0 Å². The fourth-order valence-electron chi connectivity index (χ4n) is 3.87. The van der Waals surface area contributed by atoms with E-state index in [9.17, 15) is 14.4 Å². The van der Waals surface area contributed by atoms with E-state index in [1.54, 1.807) is 0 Å². The van der Waals surface area contributed by atoms with E-state index >= 15 is 0 Å². The molecule has 0 bridgehead atoms. The maximum absolute atomic E-state index is 12.3. The Hall–Kier alpha value is -2.96. The van der Waals surface area contributed by atoms with Gasteiger partial charge in [-0.1, -0.05) is 12.1 Å². The summed E-state index contributed by atoms with van der Waals surface area (Å²) in [4.78, 5) is 35.6. The Bertz CT molecular complexity index is 950. The monoisotopic (exact) mass is 366 g/mol. The molecule has 1 atom stereocenters. The predicted octanol–water partition coefficient (Wildman–Crippen LogP) is 1.46. The second-order valence-corrected chi connectivity index (χ2v) is 7.19. The van der Waals surface area contributed by atoms with Crippen LogP contribution in [-0.2, 0) is 28.9 Å². The molecule has 1 saturated heterocycles. The lowest BCUT2D eigenvalue weighted by Gasteiger charge is -2.17. The van der Waals surface area contributed by atoms with Crippen LogP contribution in [0.3, 0.4) is 0 Å². The second kappa shape index (κ2) is 7.34. The highest BCUT2D eigenvalue weighted by atomic mass is 16.2. The van der Waals surface area contributed by atoms with Crippen LogP contribution in [0.25, 0.3) is 0 Å². The molecular formula is C20H22N4O3. The number of hydrogen-bond acceptors (Lipinski definition) is 4. The zero-order chi connectivity index (χ0) is 18.8. The van der Waals surface area contributed by atoms with Gasteiger partial charge in [-0.2, -0.15) is 5.10 Å². The number of amides is 2. The van der Waals surface area contributed by atoms with Crippen molar-refractivity contribution >= 4 is 17.5 Å². The van der Waals surface area contributed by atoms with Gasteiger partial charge < -0.3 is 10.6 Å². The van der Waals surface area contributed by atoms with Crippen LogP contribution < -0.4 is 16.2 Å². The Balaban J connectivity index is 1.51. The third kappa shape index (κ3) is 3.77. The van der Waals surface area contributed by atoms with E-state index in [-0.39, 0.29) is 17.4 Å². The summed E-state index contributed by atoms with van der Waals surface area (Å²) in [5.41, 5.74) is 4.47. The standard InChI is InChI=1S/C20H22N4O3/c25-18-9-8-16(22-18)20(27)21-13-5-3-4-12(10-13)11-17-14-6-1-2-7-15(14)19(26)24-23-17/h3-5,10,16H,1-2,6-9,11H2,(H,21,27)(H,22,25)(H,24,26)/t16-/m1/s1. The van der Waals surface area contributed by atoms with Crippen molar-refractivity contribution in [1.82, 2.24) is 15.5 Å². The number of H-pyrrole nitrogens is 1. The minimum atomic E-state index is -0.464. The molecule has 7 heteroatoms. The molecule has 2 aliphatic rings. The number of carbonyl (C=O) groups is 2. The molecule has 1 fully saturated rings. The van der Waals surface area contributed by atoms with Gasteiger partial charge in [0.2, 0.25) is 11.8 Å². The van der Waals surface area contributed by atoms with Crippen LogP contribution in [0.2, 0.25) is 0 Å². The Kier molecular flexibility index (Phi) is 4.75. The first-order valence-corrected chi connectivity index (χ1v) is 9.38. The van der Waals surface area contributed by atoms with Crippen molar-refractivity contribution in [2.45, 2.75) is 51.0 Å². The van der Waals surface area contributed by atoms with Gasteiger partial charge in [-0.25, -0.2) is 5.10 Å². The molecule has 27 heavy (non-hydrogen) atoms. The number of aromatic nitrogens is 2. The summed E-state index contributed by atoms with van der Waals surface area (Å²) in [5, 5.41) is 12.4. The summed E-state index contributed by atoms with van der Waals surface area (Å²) in [5.74, 6) is -0.282. The Morgan fingerprint density at radius 1 is 1.15 bits per heavy atom. The van der Waals surface area contributed by atoms with Crippen LogP contribution in [0.4, 0.5) is 5.69 Å². The molecule has 1 aromatic heterocycles. The summed E-state index contributed by atoms with van der Waals surface area (Å²) in [7, 11) is 0. The van der Waals surface area contributed by atoms with Crippen molar-refractivity contribution in [2.24, 2.45) is 0 Å². The Morgan fingerprint density at radius 3 is 2.74 bits per heavy atom. The maximum Gasteiger partial charge on any atom is 0.267 e. The number of nitrogens with zero attached hydrogens (tertiary/aromatic N) is 1. The van der Waals surface area contributed by atoms with Crippen molar-refractivity contribution in [1.29, 1.82) is 0 Å². The number of aromatic amines is 1. The summed E-state index contributed by atoms with van der Waals surface area (Å²) in [6.07, 6.45) is 5.33. The lowest BCUT2D eigenvalue weighted by Crippen LogP contribution is -2.37. The fourth-order valence-corrected chi connectivity index (χ4v) is 3.87. The third-order valence-corrected chi connectivity index (χ3v) is 5.26. The number of benzene rings is 1. The molecule has 2 amide bonds. The summed E-state index contributed by atoms with van der Waals surface area (Å²) < 4.78 is 0. The van der Waals surface area contributed by atoms with E-state index in [2.05, 4.69) is 20.8 Å². The molecule has 0 saturated carbocycles. The van der Waals surface area contributed by atoms with Crippen LogP contribution in [-0.4, -0.2) is 28.1 Å². The summed E-state index contributed by atoms with van der Waals surface area (Å²) >= 11 is 0. The van der Waals surface area contributed by atoms with Gasteiger partial charge in [0.15, 0.2) is 0 Å². The normalized spacial score (nSPS) is 18.7. The quantitative estimate of drug-likeness (QED) is 0.762. The van der Waals surface area contributed by atoms with Crippen LogP contribution in [0, 0.1) is 0 Å². The molecule has 0 spiro atoms. The maximum atomic E-state index is 12.3. The number of hydrogen-bond donors (Lipinski definition) is 3. The zero-order valence-electron chi connectivity index (χ0n) is 15.0. The van der Waals surface area contributed by atoms with Gasteiger partial charge in [0.25, 0.3) is 5.56 Å². The van der Waals surface area contributed by atoms with Crippen molar-refractivity contribution in [2.75, 3.05) is 5.32 Å². The Morgan fingerprint density at radius 2 is 1.96 bits per heavy atom. The van der Waals surface area contributed by atoms with Crippen molar-refractivity contribution in [3.63, 3.8) is 0 Å². The summed E-state index contributed by atoms with van der Waals surface area (Å²) in [6.45, 7) is 0. The number of nitrogens with one attached hydrogen (secondary N) is 3. The lowest BCUT2D eigenvalue weighted by atomic mass is 9.90. The molecular weight excluding hydrogens is 344 g/mol. The first-order valence-electron chi connectivity index (χ1n) is 9.38. The first-order chi connectivity index (χ1) is 13.1. The van der Waals surface area contributed by atoms with Gasteiger partial charge >= 0.3 is 0 Å². The van der Waals surface area contributed by atoms with Gasteiger partial charge in [-0.05, 0) is 55.4 Å². The second-order valence-electron chi connectivity index (χ2n) is 7.19. The number of fused-ring (bicyclic) bond motifs is 1. The highest BCUT2D eigenvalue weighted by Gasteiger charge is 2.27. The molecule has 1 aromatic carbocycles. The molecule has 1 aliphatic carbocycles. The van der Waals surface area contributed by atoms with Crippen molar-refractivity contribution < 1.29 is 9.59 Å². The van der Waals surface area contributed by atoms with E-state index in [1.807, 2.05) is 24.3 Å². The topological polar surface area (TPSA) is 104 Å². The van der Waals surface area contributed by atoms with Crippen molar-refractivity contribution in [3.05, 3.63) is 57.0 Å². The van der Waals surface area contributed by atoms with E-state index in [4.69, 9.17) is 0 Å². The minimum Gasteiger partial charge on any atom is -0.344 e. The third-order valence-electron chi connectivity index (χ3n) is 5.26. The molecule has 0 radical (unpaired) electrons. The first kappa shape index (κ1) is 17.5. The van der Waals surface area contributed by atoms with Gasteiger partial charge in [0.1, 0.15) is 6.04 Å². The molecule has 3 N–H and O–H groups in total. The molecule has 7 nitrogen and oxygen atoms in total. The smallest absolute Gasteiger partial charge is 0.267 e. The molecule has 140 valence electrons. The lowest BCUT2D eigenvalue weighted by molar-refractivity contribution is -0.122. The highest BCUT2D eigenvalue weighted by molar-refractivity contribution is 5.99. The molecule has 4 rings (SSSR count). The predicted molar refractivity (Wildman–Crippen MR) is 101 cm³/mol. The van der Waals surface area contributed by atoms with Gasteiger partial charge in [0, 0.05) is 24.1 Å². The molecule has 0 unspecified atom stereocenters. The van der Waals surface area contributed by atoms with E-state index in [0.29, 0.717) is 24.9 Å². The Labute approximate surface area is 156 Å². The number of rotatable bonds is 4. The number of anilines is 1. The molecule has 1 aliphatic heterocycles. The minimum absolute atomic E-state index is 0.0759. The van der Waals surface area contributed by atoms with Crippen LogP contribution in [0.1, 0.15) is 48.1 Å². The van der Waals surface area contributed by atoms with E-state index < -0.39 is 6.04 Å². The highest BCUT2D eigenvalue weighted by Crippen LogP contribution is 2.23.